The molecule has 3 rings (SSSR count). The van der Waals surface area contributed by atoms with Crippen LogP contribution in [0.3, 0.4) is 0 Å². The molecule has 0 heterocycles. The van der Waals surface area contributed by atoms with Crippen molar-refractivity contribution in [2.45, 2.75) is 46.2 Å². The Hall–Kier alpha value is -1.60. The minimum Gasteiger partial charge on any atom is -0.310 e. The van der Waals surface area contributed by atoms with Gasteiger partial charge in [0.25, 0.3) is 0 Å². The van der Waals surface area contributed by atoms with Crippen LogP contribution < -0.4 is 5.32 Å². The lowest BCUT2D eigenvalue weighted by atomic mass is 9.91. The summed E-state index contributed by atoms with van der Waals surface area (Å²) in [5.74, 6) is 0. The lowest BCUT2D eigenvalue weighted by Crippen LogP contribution is -2.16. The van der Waals surface area contributed by atoms with E-state index in [1.54, 1.807) is 0 Å². The Labute approximate surface area is 122 Å². The standard InChI is InChI=1S/C19H23N/c1-13-10-14(2)19(15(3)11-13)18-7-5-4-6-16(18)12-20-17-8-9-17/h4-7,10-11,17,20H,8-9,12H2,1-3H3. The topological polar surface area (TPSA) is 12.0 Å². The normalized spacial score (nSPS) is 14.6. The summed E-state index contributed by atoms with van der Waals surface area (Å²) >= 11 is 0. The van der Waals surface area contributed by atoms with Crippen molar-refractivity contribution in [2.24, 2.45) is 0 Å². The van der Waals surface area contributed by atoms with E-state index < -0.39 is 0 Å². The average molecular weight is 265 g/mol. The smallest absolute Gasteiger partial charge is 0.0214 e. The molecule has 1 fully saturated rings. The quantitative estimate of drug-likeness (QED) is 0.856. The van der Waals surface area contributed by atoms with Crippen LogP contribution in [0.2, 0.25) is 0 Å². The third-order valence-electron chi connectivity index (χ3n) is 4.12. The van der Waals surface area contributed by atoms with Crippen LogP contribution in [0.15, 0.2) is 36.4 Å². The number of hydrogen-bond acceptors (Lipinski definition) is 1. The van der Waals surface area contributed by atoms with E-state index in [2.05, 4.69) is 62.5 Å². The summed E-state index contributed by atoms with van der Waals surface area (Å²) in [6.07, 6.45) is 2.68. The maximum absolute atomic E-state index is 3.63. The minimum absolute atomic E-state index is 0.753. The molecular formula is C19H23N. The first-order chi connectivity index (χ1) is 9.65. The van der Waals surface area contributed by atoms with Gasteiger partial charge in [-0.25, -0.2) is 0 Å². The van der Waals surface area contributed by atoms with Gasteiger partial charge in [0.2, 0.25) is 0 Å². The Kier molecular flexibility index (Phi) is 3.62. The molecule has 2 aromatic rings. The summed E-state index contributed by atoms with van der Waals surface area (Å²) in [6, 6.07) is 14.1. The molecule has 0 radical (unpaired) electrons. The van der Waals surface area contributed by atoms with Crippen LogP contribution in [0.4, 0.5) is 0 Å². The molecule has 1 N–H and O–H groups in total. The van der Waals surface area contributed by atoms with Gasteiger partial charge in [-0.05, 0) is 61.4 Å². The third kappa shape index (κ3) is 2.78. The molecule has 1 saturated carbocycles. The average Bonchev–Trinajstić information content (AvgIpc) is 3.20. The highest BCUT2D eigenvalue weighted by Crippen LogP contribution is 2.31. The van der Waals surface area contributed by atoms with Crippen LogP contribution in [-0.2, 0) is 6.54 Å². The second-order valence-corrected chi connectivity index (χ2v) is 6.09. The Morgan fingerprint density at radius 1 is 1.00 bits per heavy atom. The second kappa shape index (κ2) is 5.41. The highest BCUT2D eigenvalue weighted by molar-refractivity contribution is 5.74. The van der Waals surface area contributed by atoms with Gasteiger partial charge in [-0.1, -0.05) is 42.0 Å². The number of nitrogens with one attached hydrogen (secondary N) is 1. The van der Waals surface area contributed by atoms with E-state index in [0.717, 1.165) is 12.6 Å². The lowest BCUT2D eigenvalue weighted by molar-refractivity contribution is 0.688. The molecule has 0 aliphatic heterocycles. The molecule has 0 bridgehead atoms. The molecule has 104 valence electrons. The zero-order valence-corrected chi connectivity index (χ0v) is 12.7. The van der Waals surface area contributed by atoms with E-state index in [0.29, 0.717) is 0 Å². The van der Waals surface area contributed by atoms with E-state index >= 15 is 0 Å². The maximum atomic E-state index is 3.63. The summed E-state index contributed by atoms with van der Waals surface area (Å²) in [5, 5.41) is 3.63. The molecule has 1 aliphatic rings. The van der Waals surface area contributed by atoms with Crippen LogP contribution in [0.1, 0.15) is 35.1 Å². The number of benzene rings is 2. The molecule has 0 atom stereocenters. The van der Waals surface area contributed by atoms with Crippen molar-refractivity contribution in [1.29, 1.82) is 0 Å². The van der Waals surface area contributed by atoms with E-state index in [1.165, 1.54) is 46.2 Å². The van der Waals surface area contributed by atoms with E-state index in [-0.39, 0.29) is 0 Å². The van der Waals surface area contributed by atoms with Gasteiger partial charge in [-0.3, -0.25) is 0 Å². The number of aryl methyl sites for hydroxylation is 3. The Bertz CT molecular complexity index is 600. The summed E-state index contributed by atoms with van der Waals surface area (Å²) in [5.41, 5.74) is 8.30. The van der Waals surface area contributed by atoms with Crippen LogP contribution >= 0.6 is 0 Å². The summed E-state index contributed by atoms with van der Waals surface area (Å²) in [4.78, 5) is 0. The van der Waals surface area contributed by atoms with Crippen molar-refractivity contribution >= 4 is 0 Å². The van der Waals surface area contributed by atoms with Gasteiger partial charge in [0.05, 0.1) is 0 Å². The Morgan fingerprint density at radius 3 is 2.30 bits per heavy atom. The molecule has 0 aromatic heterocycles. The van der Waals surface area contributed by atoms with Crippen molar-refractivity contribution in [3.05, 3.63) is 58.7 Å². The van der Waals surface area contributed by atoms with Gasteiger partial charge in [-0.2, -0.15) is 0 Å². The van der Waals surface area contributed by atoms with Crippen molar-refractivity contribution in [3.63, 3.8) is 0 Å². The van der Waals surface area contributed by atoms with Gasteiger partial charge in [0.15, 0.2) is 0 Å². The first-order valence-electron chi connectivity index (χ1n) is 7.54. The van der Waals surface area contributed by atoms with E-state index in [1.807, 2.05) is 0 Å². The Balaban J connectivity index is 2.00. The van der Waals surface area contributed by atoms with E-state index in [4.69, 9.17) is 0 Å². The number of hydrogen-bond donors (Lipinski definition) is 1. The molecule has 2 aromatic carbocycles. The highest BCUT2D eigenvalue weighted by Gasteiger charge is 2.20. The van der Waals surface area contributed by atoms with Crippen LogP contribution in [0, 0.1) is 20.8 Å². The monoisotopic (exact) mass is 265 g/mol. The lowest BCUT2D eigenvalue weighted by Gasteiger charge is -2.16. The minimum atomic E-state index is 0.753. The molecule has 0 saturated heterocycles. The zero-order valence-electron chi connectivity index (χ0n) is 12.7. The fraction of sp³-hybridized carbons (Fsp3) is 0.368. The van der Waals surface area contributed by atoms with Gasteiger partial charge < -0.3 is 5.32 Å². The molecule has 1 heteroatoms. The summed E-state index contributed by atoms with van der Waals surface area (Å²) in [7, 11) is 0. The summed E-state index contributed by atoms with van der Waals surface area (Å²) in [6.45, 7) is 7.60. The van der Waals surface area contributed by atoms with E-state index in [9.17, 15) is 0 Å². The predicted octanol–water partition coefficient (Wildman–Crippen LogP) is 4.53. The van der Waals surface area contributed by atoms with Gasteiger partial charge in [0.1, 0.15) is 0 Å². The molecule has 0 amide bonds. The largest absolute Gasteiger partial charge is 0.310 e. The fourth-order valence-corrected chi connectivity index (χ4v) is 3.06. The van der Waals surface area contributed by atoms with Crippen molar-refractivity contribution in [1.82, 2.24) is 5.32 Å². The number of rotatable bonds is 4. The molecular weight excluding hydrogens is 242 g/mol. The first kappa shape index (κ1) is 13.4. The van der Waals surface area contributed by atoms with Crippen molar-refractivity contribution < 1.29 is 0 Å². The SMILES string of the molecule is Cc1cc(C)c(-c2ccccc2CNC2CC2)c(C)c1. The van der Waals surface area contributed by atoms with Crippen molar-refractivity contribution in [2.75, 3.05) is 0 Å². The first-order valence-corrected chi connectivity index (χ1v) is 7.54. The molecule has 0 unspecified atom stereocenters. The molecule has 1 nitrogen and oxygen atoms in total. The van der Waals surface area contributed by atoms with Crippen LogP contribution in [0.25, 0.3) is 11.1 Å². The fourth-order valence-electron chi connectivity index (χ4n) is 3.06. The predicted molar refractivity (Wildman–Crippen MR) is 86.0 cm³/mol. The molecule has 0 spiro atoms. The van der Waals surface area contributed by atoms with Gasteiger partial charge in [-0.15, -0.1) is 0 Å². The zero-order chi connectivity index (χ0) is 14.1. The Morgan fingerprint density at radius 2 is 1.65 bits per heavy atom. The van der Waals surface area contributed by atoms with Crippen molar-refractivity contribution in [3.8, 4) is 11.1 Å². The maximum Gasteiger partial charge on any atom is 0.0214 e. The summed E-state index contributed by atoms with van der Waals surface area (Å²) < 4.78 is 0. The molecule has 1 aliphatic carbocycles. The molecule has 20 heavy (non-hydrogen) atoms. The second-order valence-electron chi connectivity index (χ2n) is 6.09. The van der Waals surface area contributed by atoms with Crippen LogP contribution in [0.5, 0.6) is 0 Å². The van der Waals surface area contributed by atoms with Gasteiger partial charge >= 0.3 is 0 Å². The van der Waals surface area contributed by atoms with Crippen LogP contribution in [-0.4, -0.2) is 6.04 Å². The third-order valence-corrected chi connectivity index (χ3v) is 4.12. The van der Waals surface area contributed by atoms with Gasteiger partial charge in [0, 0.05) is 12.6 Å². The highest BCUT2D eigenvalue weighted by atomic mass is 14.9.